The summed E-state index contributed by atoms with van der Waals surface area (Å²) in [6.45, 7) is 3.63. The second-order valence-corrected chi connectivity index (χ2v) is 5.99. The topological polar surface area (TPSA) is 67.2 Å². The molecule has 102 valence electrons. The zero-order valence-corrected chi connectivity index (χ0v) is 11.9. The second kappa shape index (κ2) is 5.35. The Bertz CT molecular complexity index is 789. The normalized spacial score (nSPS) is 10.8. The van der Waals surface area contributed by atoms with Gasteiger partial charge < -0.3 is 4.18 Å². The van der Waals surface area contributed by atoms with Crippen LogP contribution in [0.1, 0.15) is 16.7 Å². The first-order valence-corrected chi connectivity index (χ1v) is 7.35. The molecular weight excluding hydrogens is 274 g/mol. The van der Waals surface area contributed by atoms with Gasteiger partial charge in [0, 0.05) is 0 Å². The van der Waals surface area contributed by atoms with Crippen molar-refractivity contribution >= 4 is 10.1 Å². The van der Waals surface area contributed by atoms with Crippen LogP contribution in [0.5, 0.6) is 5.75 Å². The highest BCUT2D eigenvalue weighted by atomic mass is 32.2. The first-order valence-electron chi connectivity index (χ1n) is 5.94. The predicted molar refractivity (Wildman–Crippen MR) is 74.9 cm³/mol. The molecule has 0 heterocycles. The molecule has 0 aromatic heterocycles. The monoisotopic (exact) mass is 287 g/mol. The van der Waals surface area contributed by atoms with Crippen molar-refractivity contribution in [2.24, 2.45) is 0 Å². The van der Waals surface area contributed by atoms with E-state index in [9.17, 15) is 8.42 Å². The number of hydrogen-bond donors (Lipinski definition) is 0. The van der Waals surface area contributed by atoms with Gasteiger partial charge in [-0.3, -0.25) is 0 Å². The van der Waals surface area contributed by atoms with Crippen LogP contribution in [0.4, 0.5) is 0 Å². The van der Waals surface area contributed by atoms with Gasteiger partial charge in [-0.25, -0.2) is 0 Å². The van der Waals surface area contributed by atoms with Gasteiger partial charge in [-0.05, 0) is 49.2 Å². The van der Waals surface area contributed by atoms with Crippen LogP contribution in [0, 0.1) is 25.2 Å². The lowest BCUT2D eigenvalue weighted by atomic mass is 10.1. The second-order valence-electron chi connectivity index (χ2n) is 4.45. The van der Waals surface area contributed by atoms with Gasteiger partial charge in [0.15, 0.2) is 0 Å². The molecule has 0 N–H and O–H groups in total. The number of nitriles is 1. The van der Waals surface area contributed by atoms with Crippen molar-refractivity contribution in [1.29, 1.82) is 5.26 Å². The van der Waals surface area contributed by atoms with E-state index in [-0.39, 0.29) is 10.5 Å². The molecule has 5 heteroatoms. The minimum absolute atomic E-state index is 0.0301. The molecule has 2 rings (SSSR count). The van der Waals surface area contributed by atoms with E-state index in [0.29, 0.717) is 5.75 Å². The molecule has 0 spiro atoms. The van der Waals surface area contributed by atoms with Crippen molar-refractivity contribution in [3.8, 4) is 11.8 Å². The van der Waals surface area contributed by atoms with E-state index in [2.05, 4.69) is 0 Å². The fourth-order valence-electron chi connectivity index (χ4n) is 1.68. The van der Waals surface area contributed by atoms with E-state index in [0.717, 1.165) is 11.1 Å². The van der Waals surface area contributed by atoms with Crippen LogP contribution < -0.4 is 4.18 Å². The Morgan fingerprint density at radius 2 is 1.85 bits per heavy atom. The van der Waals surface area contributed by atoms with E-state index in [1.54, 1.807) is 19.1 Å². The van der Waals surface area contributed by atoms with Crippen LogP contribution >= 0.6 is 0 Å². The van der Waals surface area contributed by atoms with Gasteiger partial charge in [-0.2, -0.15) is 13.7 Å². The molecule has 2 aromatic carbocycles. The summed E-state index contributed by atoms with van der Waals surface area (Å²) in [5, 5.41) is 8.81. The molecule has 20 heavy (non-hydrogen) atoms. The molecule has 0 amide bonds. The molecular formula is C15H13NO3S. The lowest BCUT2D eigenvalue weighted by molar-refractivity contribution is 0.484. The average Bonchev–Trinajstić information content (AvgIpc) is 2.43. The van der Waals surface area contributed by atoms with Gasteiger partial charge in [0.1, 0.15) is 10.6 Å². The highest BCUT2D eigenvalue weighted by Gasteiger charge is 2.18. The van der Waals surface area contributed by atoms with E-state index >= 15 is 0 Å². The number of rotatable bonds is 3. The third-order valence-electron chi connectivity index (χ3n) is 2.79. The molecule has 0 radical (unpaired) electrons. The summed E-state index contributed by atoms with van der Waals surface area (Å²) in [4.78, 5) is -0.0301. The van der Waals surface area contributed by atoms with Crippen LogP contribution in [0.2, 0.25) is 0 Å². The number of hydrogen-bond acceptors (Lipinski definition) is 4. The van der Waals surface area contributed by atoms with Crippen LogP contribution in [0.15, 0.2) is 47.4 Å². The van der Waals surface area contributed by atoms with Gasteiger partial charge in [-0.15, -0.1) is 0 Å². The van der Waals surface area contributed by atoms with Crippen molar-refractivity contribution in [3.63, 3.8) is 0 Å². The summed E-state index contributed by atoms with van der Waals surface area (Å²) < 4.78 is 29.6. The molecule has 0 saturated carbocycles. The highest BCUT2D eigenvalue weighted by Crippen LogP contribution is 2.24. The van der Waals surface area contributed by atoms with E-state index in [1.165, 1.54) is 24.3 Å². The van der Waals surface area contributed by atoms with E-state index in [4.69, 9.17) is 9.44 Å². The molecule has 4 nitrogen and oxygen atoms in total. The third-order valence-corrected chi connectivity index (χ3v) is 4.03. The Balaban J connectivity index is 2.41. The van der Waals surface area contributed by atoms with E-state index < -0.39 is 10.1 Å². The summed E-state index contributed by atoms with van der Waals surface area (Å²) in [7, 11) is -3.94. The maximum Gasteiger partial charge on any atom is 0.339 e. The molecule has 0 saturated heterocycles. The Morgan fingerprint density at radius 3 is 2.55 bits per heavy atom. The fourth-order valence-corrected chi connectivity index (χ4v) is 2.71. The Kier molecular flexibility index (Phi) is 3.77. The molecule has 0 fully saturated rings. The first kappa shape index (κ1) is 14.1. The zero-order valence-electron chi connectivity index (χ0n) is 11.1. The molecule has 0 bridgehead atoms. The van der Waals surface area contributed by atoms with Gasteiger partial charge in [-0.1, -0.05) is 18.2 Å². The Labute approximate surface area is 118 Å². The molecule has 0 aliphatic carbocycles. The number of benzene rings is 2. The van der Waals surface area contributed by atoms with Crippen LogP contribution in [0.25, 0.3) is 0 Å². The molecule has 0 unspecified atom stereocenters. The average molecular weight is 287 g/mol. The third kappa shape index (κ3) is 2.98. The number of aryl methyl sites for hydroxylation is 2. The Hall–Kier alpha value is -2.32. The van der Waals surface area contributed by atoms with Gasteiger partial charge in [0.05, 0.1) is 11.6 Å². The standard InChI is InChI=1S/C15H13NO3S/c1-11-6-7-12(2)15(8-11)19-20(17,18)14-5-3-4-13(9-14)10-16/h3-9H,1-2H3. The largest absolute Gasteiger partial charge is 0.379 e. The summed E-state index contributed by atoms with van der Waals surface area (Å²) in [5.41, 5.74) is 1.91. The molecule has 0 atom stereocenters. The smallest absolute Gasteiger partial charge is 0.339 e. The minimum atomic E-state index is -3.94. The predicted octanol–water partition coefficient (Wildman–Crippen LogP) is 2.94. The lowest BCUT2D eigenvalue weighted by Gasteiger charge is -2.10. The van der Waals surface area contributed by atoms with Crippen LogP contribution in [-0.2, 0) is 10.1 Å². The Morgan fingerprint density at radius 1 is 1.10 bits per heavy atom. The maximum atomic E-state index is 12.2. The highest BCUT2D eigenvalue weighted by molar-refractivity contribution is 7.87. The van der Waals surface area contributed by atoms with E-state index in [1.807, 2.05) is 19.1 Å². The SMILES string of the molecule is Cc1ccc(C)c(OS(=O)(=O)c2cccc(C#N)c2)c1. The molecule has 0 aliphatic heterocycles. The van der Waals surface area contributed by atoms with Crippen molar-refractivity contribution in [2.75, 3.05) is 0 Å². The van der Waals surface area contributed by atoms with Gasteiger partial charge >= 0.3 is 10.1 Å². The van der Waals surface area contributed by atoms with Crippen LogP contribution in [-0.4, -0.2) is 8.42 Å². The summed E-state index contributed by atoms with van der Waals surface area (Å²) in [6.07, 6.45) is 0. The summed E-state index contributed by atoms with van der Waals surface area (Å²) >= 11 is 0. The number of nitrogens with zero attached hydrogens (tertiary/aromatic N) is 1. The van der Waals surface area contributed by atoms with Gasteiger partial charge in [0.2, 0.25) is 0 Å². The summed E-state index contributed by atoms with van der Waals surface area (Å²) in [6, 6.07) is 13.0. The summed E-state index contributed by atoms with van der Waals surface area (Å²) in [5.74, 6) is 0.298. The molecule has 0 aliphatic rings. The first-order chi connectivity index (χ1) is 9.42. The minimum Gasteiger partial charge on any atom is -0.379 e. The van der Waals surface area contributed by atoms with Crippen molar-refractivity contribution in [2.45, 2.75) is 18.7 Å². The maximum absolute atomic E-state index is 12.2. The van der Waals surface area contributed by atoms with Gasteiger partial charge in [0.25, 0.3) is 0 Å². The fraction of sp³-hybridized carbons (Fsp3) is 0.133. The van der Waals surface area contributed by atoms with Crippen molar-refractivity contribution in [1.82, 2.24) is 0 Å². The quantitative estimate of drug-likeness (QED) is 0.814. The lowest BCUT2D eigenvalue weighted by Crippen LogP contribution is -2.10. The molecule has 2 aromatic rings. The van der Waals surface area contributed by atoms with Crippen LogP contribution in [0.3, 0.4) is 0 Å². The van der Waals surface area contributed by atoms with Crippen molar-refractivity contribution in [3.05, 3.63) is 59.2 Å². The van der Waals surface area contributed by atoms with Crippen molar-refractivity contribution < 1.29 is 12.6 Å². The zero-order chi connectivity index (χ0) is 14.8.